The van der Waals surface area contributed by atoms with Crippen molar-refractivity contribution in [2.45, 2.75) is 52.0 Å². The smallest absolute Gasteiger partial charge is 0.0985 e. The fourth-order valence-corrected chi connectivity index (χ4v) is 3.41. The number of nitrogens with zero attached hydrogens (tertiary/aromatic N) is 1. The average Bonchev–Trinajstić information content (AvgIpc) is 2.72. The van der Waals surface area contributed by atoms with Gasteiger partial charge in [-0.25, -0.2) is 0 Å². The first kappa shape index (κ1) is 19.8. The van der Waals surface area contributed by atoms with Crippen molar-refractivity contribution < 1.29 is 18.9 Å². The Morgan fingerprint density at radius 2 is 1.14 bits per heavy atom. The molecule has 0 bridgehead atoms. The average molecular weight is 316 g/mol. The van der Waals surface area contributed by atoms with E-state index in [0.29, 0.717) is 38.3 Å². The van der Waals surface area contributed by atoms with Crippen molar-refractivity contribution >= 4 is 0 Å². The number of hydrogen-bond donors (Lipinski definition) is 0. The number of hydrogen-bond acceptors (Lipinski definition) is 5. The summed E-state index contributed by atoms with van der Waals surface area (Å²) < 4.78 is 22.5. The minimum atomic E-state index is 0.0110. The van der Waals surface area contributed by atoms with Crippen LogP contribution in [0.2, 0.25) is 0 Å². The van der Waals surface area contributed by atoms with E-state index in [1.165, 1.54) is 0 Å². The second kappa shape index (κ2) is 9.83. The second-order valence-electron chi connectivity index (χ2n) is 6.64. The number of ether oxygens (including phenoxy) is 4. The van der Waals surface area contributed by atoms with E-state index < -0.39 is 0 Å². The highest BCUT2D eigenvalue weighted by atomic mass is 16.6. The predicted octanol–water partition coefficient (Wildman–Crippen LogP) is 2.21. The van der Waals surface area contributed by atoms with Gasteiger partial charge in [0.05, 0.1) is 38.6 Å². The highest BCUT2D eigenvalue weighted by Crippen LogP contribution is 2.36. The number of likely N-dealkylation sites (tertiary alicyclic amines) is 1. The Hall–Kier alpha value is -0.200. The zero-order valence-electron chi connectivity index (χ0n) is 15.1. The Kier molecular flexibility index (Phi) is 8.87. The van der Waals surface area contributed by atoms with Gasteiger partial charge < -0.3 is 23.8 Å². The molecular weight excluding hydrogens is 282 g/mol. The maximum absolute atomic E-state index is 6.14. The maximum atomic E-state index is 6.14. The van der Waals surface area contributed by atoms with Crippen LogP contribution < -0.4 is 0 Å². The summed E-state index contributed by atoms with van der Waals surface area (Å²) in [4.78, 5) is 2.20. The van der Waals surface area contributed by atoms with Gasteiger partial charge in [-0.2, -0.15) is 0 Å². The first-order valence-corrected chi connectivity index (χ1v) is 8.25. The summed E-state index contributed by atoms with van der Waals surface area (Å²) in [5.74, 6) is 0.893. The summed E-state index contributed by atoms with van der Waals surface area (Å²) in [5, 5.41) is 0. The molecule has 1 rings (SSSR count). The molecule has 22 heavy (non-hydrogen) atoms. The van der Waals surface area contributed by atoms with Crippen LogP contribution >= 0.6 is 0 Å². The molecule has 1 heterocycles. The molecule has 0 saturated carbocycles. The summed E-state index contributed by atoms with van der Waals surface area (Å²) in [6, 6.07) is 0.494. The fraction of sp³-hybridized carbons (Fsp3) is 0.941. The van der Waals surface area contributed by atoms with Crippen molar-refractivity contribution in [1.82, 2.24) is 4.90 Å². The standard InChI is InChI=1S/C17H34NO4/c1-12(2)14-16(21-10-8-19-6)17(22-11-9-20-7)15(13(3)4)18(14)5/h12-17H,5,8-11H2,1-4,6-7H3/q-1/t14-,15-,16+,17+/m1/s1. The van der Waals surface area contributed by atoms with E-state index in [9.17, 15) is 0 Å². The molecule has 0 spiro atoms. The lowest BCUT2D eigenvalue weighted by Crippen LogP contribution is -2.41. The van der Waals surface area contributed by atoms with Gasteiger partial charge in [-0.3, -0.25) is 7.05 Å². The van der Waals surface area contributed by atoms with Crippen LogP contribution in [0.4, 0.5) is 0 Å². The zero-order chi connectivity index (χ0) is 16.7. The molecule has 0 aliphatic carbocycles. The Labute approximate surface area is 136 Å². The molecule has 4 atom stereocenters. The van der Waals surface area contributed by atoms with E-state index in [0.717, 1.165) is 0 Å². The van der Waals surface area contributed by atoms with E-state index in [-0.39, 0.29) is 24.3 Å². The van der Waals surface area contributed by atoms with Gasteiger partial charge in [0.15, 0.2) is 0 Å². The molecule has 1 fully saturated rings. The molecule has 5 heteroatoms. The molecule has 0 aromatic rings. The maximum Gasteiger partial charge on any atom is 0.0985 e. The Balaban J connectivity index is 2.88. The van der Waals surface area contributed by atoms with Crippen molar-refractivity contribution in [1.29, 1.82) is 0 Å². The summed E-state index contributed by atoms with van der Waals surface area (Å²) in [6.07, 6.45) is 0.0220. The third-order valence-electron chi connectivity index (χ3n) is 4.32. The van der Waals surface area contributed by atoms with E-state index in [1.54, 1.807) is 14.2 Å². The van der Waals surface area contributed by atoms with Crippen LogP contribution in [-0.2, 0) is 18.9 Å². The van der Waals surface area contributed by atoms with Crippen LogP contribution in [0.3, 0.4) is 0 Å². The van der Waals surface area contributed by atoms with Crippen LogP contribution in [0.1, 0.15) is 27.7 Å². The second-order valence-corrected chi connectivity index (χ2v) is 6.64. The Morgan fingerprint density at radius 3 is 1.41 bits per heavy atom. The van der Waals surface area contributed by atoms with Gasteiger partial charge in [0.25, 0.3) is 0 Å². The molecule has 0 aromatic carbocycles. The SMILES string of the molecule is [CH2-]N1[C@H](C(C)C)[C@H](OCCOC)[C@@H](OCCOC)[C@H]1C(C)C. The minimum absolute atomic E-state index is 0.0110. The summed E-state index contributed by atoms with van der Waals surface area (Å²) >= 11 is 0. The van der Waals surface area contributed by atoms with Crippen LogP contribution in [0.15, 0.2) is 0 Å². The molecule has 0 N–H and O–H groups in total. The summed E-state index contributed by atoms with van der Waals surface area (Å²) in [6.45, 7) is 11.2. The molecular formula is C17H34NO4-. The van der Waals surface area contributed by atoms with Gasteiger partial charge in [-0.15, -0.1) is 0 Å². The lowest BCUT2D eigenvalue weighted by atomic mass is 9.95. The largest absolute Gasteiger partial charge is 0.449 e. The van der Waals surface area contributed by atoms with E-state index >= 15 is 0 Å². The summed E-state index contributed by atoms with van der Waals surface area (Å²) in [5.41, 5.74) is 0. The highest BCUT2D eigenvalue weighted by molar-refractivity contribution is 5.04. The quantitative estimate of drug-likeness (QED) is 0.456. The minimum Gasteiger partial charge on any atom is -0.449 e. The number of methoxy groups -OCH3 is 2. The summed E-state index contributed by atoms with van der Waals surface area (Å²) in [7, 11) is 7.69. The highest BCUT2D eigenvalue weighted by Gasteiger charge is 2.47. The van der Waals surface area contributed by atoms with Gasteiger partial charge in [-0.05, 0) is 11.8 Å². The van der Waals surface area contributed by atoms with Crippen LogP contribution in [-0.4, -0.2) is 69.8 Å². The van der Waals surface area contributed by atoms with Crippen LogP contribution in [0, 0.1) is 18.9 Å². The molecule has 0 radical (unpaired) electrons. The topological polar surface area (TPSA) is 40.2 Å². The van der Waals surface area contributed by atoms with Crippen LogP contribution in [0.25, 0.3) is 0 Å². The molecule has 1 saturated heterocycles. The molecule has 0 aromatic heterocycles. The normalized spacial score (nSPS) is 29.9. The predicted molar refractivity (Wildman–Crippen MR) is 87.7 cm³/mol. The lowest BCUT2D eigenvalue weighted by molar-refractivity contribution is -0.0891. The van der Waals surface area contributed by atoms with Crippen molar-refractivity contribution in [2.24, 2.45) is 11.8 Å². The van der Waals surface area contributed by atoms with Gasteiger partial charge in [0.1, 0.15) is 0 Å². The van der Waals surface area contributed by atoms with Gasteiger partial charge in [-0.1, -0.05) is 27.7 Å². The zero-order valence-corrected chi connectivity index (χ0v) is 15.1. The third kappa shape index (κ3) is 4.90. The number of rotatable bonds is 10. The van der Waals surface area contributed by atoms with Crippen molar-refractivity contribution in [3.05, 3.63) is 7.05 Å². The van der Waals surface area contributed by atoms with Crippen molar-refractivity contribution in [3.8, 4) is 0 Å². The first-order chi connectivity index (χ1) is 10.5. The molecule has 1 aliphatic rings. The third-order valence-corrected chi connectivity index (χ3v) is 4.32. The van der Waals surface area contributed by atoms with E-state index in [2.05, 4.69) is 39.6 Å². The molecule has 132 valence electrons. The van der Waals surface area contributed by atoms with Crippen molar-refractivity contribution in [3.63, 3.8) is 0 Å². The monoisotopic (exact) mass is 316 g/mol. The molecule has 0 unspecified atom stereocenters. The van der Waals surface area contributed by atoms with Crippen LogP contribution in [0.5, 0.6) is 0 Å². The fourth-order valence-electron chi connectivity index (χ4n) is 3.41. The lowest BCUT2D eigenvalue weighted by Gasteiger charge is -2.38. The van der Waals surface area contributed by atoms with Gasteiger partial charge in [0.2, 0.25) is 0 Å². The van der Waals surface area contributed by atoms with E-state index in [4.69, 9.17) is 18.9 Å². The molecule has 5 nitrogen and oxygen atoms in total. The first-order valence-electron chi connectivity index (χ1n) is 8.25. The van der Waals surface area contributed by atoms with E-state index in [1.807, 2.05) is 0 Å². The van der Waals surface area contributed by atoms with Gasteiger partial charge >= 0.3 is 0 Å². The Morgan fingerprint density at radius 1 is 0.773 bits per heavy atom. The van der Waals surface area contributed by atoms with Gasteiger partial charge in [0, 0.05) is 26.3 Å². The molecule has 0 amide bonds. The molecule has 1 aliphatic heterocycles. The van der Waals surface area contributed by atoms with Crippen molar-refractivity contribution in [2.75, 3.05) is 40.6 Å². The Bertz CT molecular complexity index is 270.